The first-order valence-corrected chi connectivity index (χ1v) is 11.2. The zero-order valence-corrected chi connectivity index (χ0v) is 18.3. The lowest BCUT2D eigenvalue weighted by atomic mass is 9.93. The molecule has 1 atom stereocenters. The van der Waals surface area contributed by atoms with Gasteiger partial charge in [0.1, 0.15) is 12.4 Å². The lowest BCUT2D eigenvalue weighted by molar-refractivity contribution is -0.138. The molecule has 5 nitrogen and oxygen atoms in total. The van der Waals surface area contributed by atoms with E-state index in [1.807, 2.05) is 18.2 Å². The number of amides is 1. The molecule has 0 aliphatic carbocycles. The number of halogens is 2. The Morgan fingerprint density at radius 3 is 2.45 bits per heavy atom. The van der Waals surface area contributed by atoms with Gasteiger partial charge in [0, 0.05) is 12.1 Å². The van der Waals surface area contributed by atoms with Crippen molar-refractivity contribution in [3.05, 3.63) is 95.8 Å². The number of nitrogens with one attached hydrogen (secondary N) is 1. The Morgan fingerprint density at radius 1 is 1.03 bits per heavy atom. The van der Waals surface area contributed by atoms with Gasteiger partial charge in [0.25, 0.3) is 0 Å². The molecule has 4 rings (SSSR count). The molecule has 33 heavy (non-hydrogen) atoms. The number of ether oxygens (including phenoxy) is 1. The number of carbonyl (C=O) groups is 1. The van der Waals surface area contributed by atoms with Gasteiger partial charge >= 0.3 is 0 Å². The molecule has 3 aromatic rings. The Morgan fingerprint density at radius 2 is 1.76 bits per heavy atom. The van der Waals surface area contributed by atoms with Gasteiger partial charge in [-0.15, -0.1) is 0 Å². The van der Waals surface area contributed by atoms with Crippen LogP contribution in [0.15, 0.2) is 72.9 Å². The standard InChI is InChI=1S/C26H27F2N3O2/c27-21-10-8-19(9-11-21)25(23-6-3-4-14-30-23)31(26(32)20-12-15-29-16-13-20)17-18-33-24-7-2-1-5-22(24)28/h1-11,14,20,25,29H,12-13,15-18H2. The smallest absolute Gasteiger partial charge is 0.226 e. The second-order valence-corrected chi connectivity index (χ2v) is 8.04. The summed E-state index contributed by atoms with van der Waals surface area (Å²) in [6.45, 7) is 1.90. The summed E-state index contributed by atoms with van der Waals surface area (Å²) in [5.74, 6) is -0.797. The van der Waals surface area contributed by atoms with Crippen LogP contribution in [0.5, 0.6) is 5.75 Å². The van der Waals surface area contributed by atoms with E-state index in [0.717, 1.165) is 31.5 Å². The van der Waals surface area contributed by atoms with E-state index in [1.54, 1.807) is 41.4 Å². The number of hydrogen-bond donors (Lipinski definition) is 1. The van der Waals surface area contributed by atoms with Gasteiger partial charge in [-0.1, -0.05) is 30.3 Å². The maximum absolute atomic E-state index is 14.0. The summed E-state index contributed by atoms with van der Waals surface area (Å²) in [6.07, 6.45) is 3.15. The number of piperidine rings is 1. The average molecular weight is 452 g/mol. The molecule has 0 radical (unpaired) electrons. The van der Waals surface area contributed by atoms with E-state index in [0.29, 0.717) is 5.69 Å². The van der Waals surface area contributed by atoms with E-state index in [-0.39, 0.29) is 36.5 Å². The second-order valence-electron chi connectivity index (χ2n) is 8.04. The Kier molecular flexibility index (Phi) is 7.62. The number of rotatable bonds is 8. The van der Waals surface area contributed by atoms with Crippen molar-refractivity contribution < 1.29 is 18.3 Å². The highest BCUT2D eigenvalue weighted by atomic mass is 19.1. The summed E-state index contributed by atoms with van der Waals surface area (Å²) in [4.78, 5) is 20.0. The average Bonchev–Trinajstić information content (AvgIpc) is 2.86. The lowest BCUT2D eigenvalue weighted by Crippen LogP contribution is -2.45. The van der Waals surface area contributed by atoms with Crippen molar-refractivity contribution >= 4 is 5.91 Å². The second kappa shape index (κ2) is 11.0. The summed E-state index contributed by atoms with van der Waals surface area (Å²) in [5.41, 5.74) is 1.43. The minimum atomic E-state index is -0.515. The molecule has 2 aromatic carbocycles. The van der Waals surface area contributed by atoms with E-state index in [9.17, 15) is 13.6 Å². The fourth-order valence-electron chi connectivity index (χ4n) is 4.18. The number of hydrogen-bond acceptors (Lipinski definition) is 4. The molecule has 1 saturated heterocycles. The molecule has 0 bridgehead atoms. The van der Waals surface area contributed by atoms with Gasteiger partial charge in [0.2, 0.25) is 5.91 Å². The molecule has 1 fully saturated rings. The first kappa shape index (κ1) is 22.9. The van der Waals surface area contributed by atoms with Crippen LogP contribution in [0.4, 0.5) is 8.78 Å². The van der Waals surface area contributed by atoms with Gasteiger partial charge in [-0.05, 0) is 67.9 Å². The highest BCUT2D eigenvalue weighted by molar-refractivity contribution is 5.80. The van der Waals surface area contributed by atoms with Crippen LogP contribution in [0, 0.1) is 17.6 Å². The summed E-state index contributed by atoms with van der Waals surface area (Å²) in [7, 11) is 0. The van der Waals surface area contributed by atoms with Gasteiger partial charge in [0.15, 0.2) is 11.6 Å². The minimum absolute atomic E-state index is 0.00592. The summed E-state index contributed by atoms with van der Waals surface area (Å²) in [6, 6.07) is 17.3. The Hall–Kier alpha value is -3.32. The van der Waals surface area contributed by atoms with Gasteiger partial charge in [-0.2, -0.15) is 0 Å². The molecule has 7 heteroatoms. The van der Waals surface area contributed by atoms with Crippen LogP contribution >= 0.6 is 0 Å². The van der Waals surface area contributed by atoms with Crippen LogP contribution in [-0.4, -0.2) is 42.0 Å². The summed E-state index contributed by atoms with van der Waals surface area (Å²) >= 11 is 0. The predicted octanol–water partition coefficient (Wildman–Crippen LogP) is 4.36. The highest BCUT2D eigenvalue weighted by Gasteiger charge is 2.33. The number of para-hydroxylation sites is 1. The van der Waals surface area contributed by atoms with Crippen molar-refractivity contribution in [2.24, 2.45) is 5.92 Å². The quantitative estimate of drug-likeness (QED) is 0.553. The van der Waals surface area contributed by atoms with Crippen LogP contribution in [0.3, 0.4) is 0 Å². The largest absolute Gasteiger partial charge is 0.489 e. The number of pyridine rings is 1. The molecule has 1 unspecified atom stereocenters. The minimum Gasteiger partial charge on any atom is -0.489 e. The Balaban J connectivity index is 1.65. The SMILES string of the molecule is O=C(C1CCNCC1)N(CCOc1ccccc1F)C(c1ccc(F)cc1)c1ccccn1. The topological polar surface area (TPSA) is 54.5 Å². The zero-order valence-electron chi connectivity index (χ0n) is 18.3. The Bertz CT molecular complexity index is 1040. The number of nitrogens with zero attached hydrogens (tertiary/aromatic N) is 2. The maximum Gasteiger partial charge on any atom is 0.226 e. The zero-order chi connectivity index (χ0) is 23.0. The molecule has 0 spiro atoms. The van der Waals surface area contributed by atoms with E-state index in [1.165, 1.54) is 18.2 Å². The van der Waals surface area contributed by atoms with Crippen LogP contribution in [-0.2, 0) is 4.79 Å². The van der Waals surface area contributed by atoms with Gasteiger partial charge in [-0.25, -0.2) is 8.78 Å². The molecule has 2 heterocycles. The van der Waals surface area contributed by atoms with E-state index >= 15 is 0 Å². The third-order valence-electron chi connectivity index (χ3n) is 5.86. The number of carbonyl (C=O) groups excluding carboxylic acids is 1. The molecule has 0 saturated carbocycles. The molecule has 1 amide bonds. The summed E-state index contributed by atoms with van der Waals surface area (Å²) in [5, 5.41) is 3.29. The van der Waals surface area contributed by atoms with Crippen molar-refractivity contribution in [3.63, 3.8) is 0 Å². The predicted molar refractivity (Wildman–Crippen MR) is 122 cm³/mol. The van der Waals surface area contributed by atoms with Crippen molar-refractivity contribution in [1.82, 2.24) is 15.2 Å². The lowest BCUT2D eigenvalue weighted by Gasteiger charge is -2.35. The van der Waals surface area contributed by atoms with Gasteiger partial charge < -0.3 is 15.0 Å². The third-order valence-corrected chi connectivity index (χ3v) is 5.86. The van der Waals surface area contributed by atoms with Crippen LogP contribution < -0.4 is 10.1 Å². The van der Waals surface area contributed by atoms with Crippen molar-refractivity contribution in [3.8, 4) is 5.75 Å². The Labute approximate surface area is 192 Å². The van der Waals surface area contributed by atoms with Crippen molar-refractivity contribution in [2.75, 3.05) is 26.2 Å². The normalized spacial score (nSPS) is 15.1. The summed E-state index contributed by atoms with van der Waals surface area (Å²) < 4.78 is 33.4. The van der Waals surface area contributed by atoms with E-state index < -0.39 is 11.9 Å². The molecule has 1 aliphatic rings. The molecular weight excluding hydrogens is 424 g/mol. The first-order valence-electron chi connectivity index (χ1n) is 11.2. The van der Waals surface area contributed by atoms with E-state index in [4.69, 9.17) is 4.74 Å². The van der Waals surface area contributed by atoms with Crippen molar-refractivity contribution in [2.45, 2.75) is 18.9 Å². The van der Waals surface area contributed by atoms with Gasteiger partial charge in [-0.3, -0.25) is 9.78 Å². The number of benzene rings is 2. The van der Waals surface area contributed by atoms with Crippen LogP contribution in [0.2, 0.25) is 0 Å². The molecule has 1 aromatic heterocycles. The van der Waals surface area contributed by atoms with Crippen LogP contribution in [0.25, 0.3) is 0 Å². The fraction of sp³-hybridized carbons (Fsp3) is 0.308. The van der Waals surface area contributed by atoms with Crippen molar-refractivity contribution in [1.29, 1.82) is 0 Å². The van der Waals surface area contributed by atoms with Gasteiger partial charge in [0.05, 0.1) is 18.3 Å². The molecule has 1 N–H and O–H groups in total. The van der Waals surface area contributed by atoms with Crippen LogP contribution in [0.1, 0.15) is 30.1 Å². The first-order chi connectivity index (χ1) is 16.1. The molecule has 1 aliphatic heterocycles. The fourth-order valence-corrected chi connectivity index (χ4v) is 4.18. The monoisotopic (exact) mass is 451 g/mol. The number of aromatic nitrogens is 1. The molecule has 172 valence electrons. The molecular formula is C26H27F2N3O2. The maximum atomic E-state index is 14.0. The third kappa shape index (κ3) is 5.73. The highest BCUT2D eigenvalue weighted by Crippen LogP contribution is 2.30. The van der Waals surface area contributed by atoms with E-state index in [2.05, 4.69) is 10.3 Å².